The van der Waals surface area contributed by atoms with Gasteiger partial charge in [0.2, 0.25) is 0 Å². The SMILES string of the molecule is Cn1cc(-c2ccc(CNc3cc(-c4cnc5cc(OC6CCOC6)ccn45)ncn3)cc2)cn1. The Labute approximate surface area is 202 Å². The summed E-state index contributed by atoms with van der Waals surface area (Å²) in [5.41, 5.74) is 5.89. The highest BCUT2D eigenvalue weighted by Crippen LogP contribution is 2.25. The molecule has 0 bridgehead atoms. The first kappa shape index (κ1) is 21.3. The van der Waals surface area contributed by atoms with Crippen LogP contribution in [0.15, 0.2) is 73.6 Å². The zero-order chi connectivity index (χ0) is 23.6. The van der Waals surface area contributed by atoms with E-state index >= 15 is 0 Å². The average molecular weight is 468 g/mol. The number of hydrogen-bond donors (Lipinski definition) is 1. The van der Waals surface area contributed by atoms with Crippen LogP contribution in [-0.2, 0) is 18.3 Å². The van der Waals surface area contributed by atoms with Crippen LogP contribution < -0.4 is 10.1 Å². The van der Waals surface area contributed by atoms with Crippen LogP contribution in [0.4, 0.5) is 5.82 Å². The summed E-state index contributed by atoms with van der Waals surface area (Å²) in [6.45, 7) is 2.04. The van der Waals surface area contributed by atoms with Gasteiger partial charge in [-0.25, -0.2) is 15.0 Å². The number of aromatic nitrogens is 6. The molecule has 1 aromatic carbocycles. The number of nitrogens with one attached hydrogen (secondary N) is 1. The fourth-order valence-corrected chi connectivity index (χ4v) is 4.20. The van der Waals surface area contributed by atoms with Crippen LogP contribution in [0.3, 0.4) is 0 Å². The van der Waals surface area contributed by atoms with Crippen LogP contribution in [0, 0.1) is 0 Å². The molecule has 0 radical (unpaired) electrons. The Bertz CT molecular complexity index is 1450. The van der Waals surface area contributed by atoms with E-state index < -0.39 is 0 Å². The Kier molecular flexibility index (Phi) is 5.59. The Morgan fingerprint density at radius 2 is 1.97 bits per heavy atom. The van der Waals surface area contributed by atoms with E-state index in [-0.39, 0.29) is 6.10 Å². The molecule has 1 unspecified atom stereocenters. The zero-order valence-electron chi connectivity index (χ0n) is 19.3. The second-order valence-electron chi connectivity index (χ2n) is 8.58. The predicted octanol–water partition coefficient (Wildman–Crippen LogP) is 3.97. The van der Waals surface area contributed by atoms with E-state index in [1.54, 1.807) is 11.0 Å². The number of aryl methyl sites for hydroxylation is 1. The van der Waals surface area contributed by atoms with Crippen molar-refractivity contribution < 1.29 is 9.47 Å². The summed E-state index contributed by atoms with van der Waals surface area (Å²) < 4.78 is 15.2. The van der Waals surface area contributed by atoms with Crippen molar-refractivity contribution in [3.05, 3.63) is 79.1 Å². The summed E-state index contributed by atoms with van der Waals surface area (Å²) in [5.74, 6) is 1.55. The molecule has 35 heavy (non-hydrogen) atoms. The lowest BCUT2D eigenvalue weighted by molar-refractivity contribution is 0.141. The van der Waals surface area contributed by atoms with Crippen LogP contribution in [0.5, 0.6) is 5.75 Å². The van der Waals surface area contributed by atoms with Gasteiger partial charge in [0.25, 0.3) is 0 Å². The molecule has 176 valence electrons. The fraction of sp³-hybridized carbons (Fsp3) is 0.231. The molecule has 9 heteroatoms. The first-order chi connectivity index (χ1) is 17.2. The molecule has 1 atom stereocenters. The number of ether oxygens (including phenoxy) is 2. The van der Waals surface area contributed by atoms with Gasteiger partial charge in [-0.2, -0.15) is 5.10 Å². The molecule has 0 saturated carbocycles. The fourth-order valence-electron chi connectivity index (χ4n) is 4.20. The Balaban J connectivity index is 1.15. The molecule has 5 heterocycles. The Morgan fingerprint density at radius 1 is 1.06 bits per heavy atom. The third-order valence-electron chi connectivity index (χ3n) is 6.07. The number of imidazole rings is 1. The van der Waals surface area contributed by atoms with Crippen LogP contribution >= 0.6 is 0 Å². The second-order valence-corrected chi connectivity index (χ2v) is 8.58. The van der Waals surface area contributed by atoms with Gasteiger partial charge < -0.3 is 14.8 Å². The highest BCUT2D eigenvalue weighted by Gasteiger charge is 2.18. The molecule has 1 fully saturated rings. The number of hydrogen-bond acceptors (Lipinski definition) is 7. The first-order valence-corrected chi connectivity index (χ1v) is 11.6. The molecule has 0 spiro atoms. The topological polar surface area (TPSA) is 91.4 Å². The Morgan fingerprint density at radius 3 is 2.77 bits per heavy atom. The lowest BCUT2D eigenvalue weighted by Gasteiger charge is -2.12. The van der Waals surface area contributed by atoms with Gasteiger partial charge in [0.1, 0.15) is 29.6 Å². The number of nitrogens with zero attached hydrogens (tertiary/aromatic N) is 6. The maximum Gasteiger partial charge on any atom is 0.140 e. The van der Waals surface area contributed by atoms with Gasteiger partial charge in [0, 0.05) is 50.1 Å². The van der Waals surface area contributed by atoms with Crippen molar-refractivity contribution in [3.8, 4) is 28.3 Å². The van der Waals surface area contributed by atoms with Gasteiger partial charge >= 0.3 is 0 Å². The van der Waals surface area contributed by atoms with Gasteiger partial charge in [0.05, 0.1) is 37.0 Å². The third-order valence-corrected chi connectivity index (χ3v) is 6.07. The summed E-state index contributed by atoms with van der Waals surface area (Å²) in [6.07, 6.45) is 10.2. The molecule has 0 amide bonds. The molecule has 6 rings (SSSR count). The van der Waals surface area contributed by atoms with E-state index in [1.165, 1.54) is 0 Å². The van der Waals surface area contributed by atoms with Gasteiger partial charge in [0.15, 0.2) is 0 Å². The van der Waals surface area contributed by atoms with Crippen molar-refractivity contribution in [1.82, 2.24) is 29.1 Å². The summed E-state index contributed by atoms with van der Waals surface area (Å²) in [4.78, 5) is 13.4. The van der Waals surface area contributed by atoms with Crippen molar-refractivity contribution in [2.45, 2.75) is 19.1 Å². The number of anilines is 1. The highest BCUT2D eigenvalue weighted by atomic mass is 16.5. The van der Waals surface area contributed by atoms with Crippen molar-refractivity contribution in [2.24, 2.45) is 7.05 Å². The Hall–Kier alpha value is -4.24. The maximum atomic E-state index is 6.01. The molecule has 1 N–H and O–H groups in total. The summed E-state index contributed by atoms with van der Waals surface area (Å²) in [7, 11) is 1.92. The number of pyridine rings is 1. The van der Waals surface area contributed by atoms with E-state index in [2.05, 4.69) is 49.6 Å². The van der Waals surface area contributed by atoms with E-state index in [4.69, 9.17) is 9.47 Å². The van der Waals surface area contributed by atoms with Gasteiger partial charge in [-0.3, -0.25) is 9.08 Å². The number of benzene rings is 1. The third kappa shape index (κ3) is 4.58. The first-order valence-electron chi connectivity index (χ1n) is 11.6. The van der Waals surface area contributed by atoms with Crippen molar-refractivity contribution >= 4 is 11.5 Å². The van der Waals surface area contributed by atoms with E-state index in [0.29, 0.717) is 13.2 Å². The molecule has 1 saturated heterocycles. The van der Waals surface area contributed by atoms with Gasteiger partial charge in [-0.1, -0.05) is 24.3 Å². The second kappa shape index (κ2) is 9.19. The lowest BCUT2D eigenvalue weighted by atomic mass is 10.1. The maximum absolute atomic E-state index is 6.01. The van der Waals surface area contributed by atoms with Crippen molar-refractivity contribution in [3.63, 3.8) is 0 Å². The van der Waals surface area contributed by atoms with Gasteiger partial charge in [-0.15, -0.1) is 0 Å². The molecular weight excluding hydrogens is 442 g/mol. The van der Waals surface area contributed by atoms with Crippen molar-refractivity contribution in [1.29, 1.82) is 0 Å². The van der Waals surface area contributed by atoms with Gasteiger partial charge in [-0.05, 0) is 17.2 Å². The molecule has 1 aliphatic heterocycles. The molecule has 0 aliphatic carbocycles. The smallest absolute Gasteiger partial charge is 0.140 e. The lowest BCUT2D eigenvalue weighted by Crippen LogP contribution is -2.15. The van der Waals surface area contributed by atoms with E-state index in [9.17, 15) is 0 Å². The van der Waals surface area contributed by atoms with Crippen molar-refractivity contribution in [2.75, 3.05) is 18.5 Å². The quantitative estimate of drug-likeness (QED) is 0.387. The van der Waals surface area contributed by atoms with E-state index in [1.807, 2.05) is 54.4 Å². The normalized spacial score (nSPS) is 15.5. The number of fused-ring (bicyclic) bond motifs is 1. The molecule has 1 aliphatic rings. The molecule has 5 aromatic rings. The largest absolute Gasteiger partial charge is 0.488 e. The van der Waals surface area contributed by atoms with E-state index in [0.717, 1.165) is 58.3 Å². The number of rotatable bonds is 7. The molecule has 4 aromatic heterocycles. The van der Waals surface area contributed by atoms with Crippen LogP contribution in [-0.4, -0.2) is 48.5 Å². The minimum atomic E-state index is 0.105. The summed E-state index contributed by atoms with van der Waals surface area (Å²) in [5, 5.41) is 7.63. The zero-order valence-corrected chi connectivity index (χ0v) is 19.3. The average Bonchev–Trinajstić information content (AvgIpc) is 3.65. The van der Waals surface area contributed by atoms with Crippen LogP contribution in [0.1, 0.15) is 12.0 Å². The summed E-state index contributed by atoms with van der Waals surface area (Å²) >= 11 is 0. The highest BCUT2D eigenvalue weighted by molar-refractivity contribution is 5.64. The minimum absolute atomic E-state index is 0.105. The standard InChI is InChI=1S/C26H25N7O2/c1-32-15-20(13-31-32)19-4-2-18(3-5-19)12-27-25-11-23(29-17-30-25)24-14-28-26-10-21(6-8-33(24)26)35-22-7-9-34-16-22/h2-6,8,10-11,13-15,17,22H,7,9,12,16H2,1H3,(H,27,29,30). The molecule has 9 nitrogen and oxygen atoms in total. The predicted molar refractivity (Wildman–Crippen MR) is 132 cm³/mol. The monoisotopic (exact) mass is 467 g/mol. The minimum Gasteiger partial charge on any atom is -0.488 e. The molecular formula is C26H25N7O2. The van der Waals surface area contributed by atoms with Crippen LogP contribution in [0.25, 0.3) is 28.2 Å². The van der Waals surface area contributed by atoms with Crippen LogP contribution in [0.2, 0.25) is 0 Å². The summed E-state index contributed by atoms with van der Waals surface area (Å²) in [6, 6.07) is 14.3.